The number of hydrogen-bond acceptors (Lipinski definition) is 7. The number of ether oxygens (including phenoxy) is 2. The maximum absolute atomic E-state index is 12.7. The number of unbranched alkanes of at least 4 members (excludes halogenated alkanes) is 15. The topological polar surface area (TPSA) is 108 Å². The number of hydrogen-bond donors (Lipinski definition) is 1. The number of likely N-dealkylation sites (N-methyl/N-ethyl adjacent to an activating group) is 1. The first-order valence-electron chi connectivity index (χ1n) is 24.3. The van der Waals surface area contributed by atoms with Gasteiger partial charge in [0.15, 0.2) is 6.10 Å². The summed E-state index contributed by atoms with van der Waals surface area (Å²) in [6.45, 7) is 4.17. The third-order valence-corrected chi connectivity index (χ3v) is 10.9. The van der Waals surface area contributed by atoms with E-state index in [1.54, 1.807) is 0 Å². The molecule has 0 rings (SSSR count). The summed E-state index contributed by atoms with van der Waals surface area (Å²) >= 11 is 0. The Labute approximate surface area is 380 Å². The van der Waals surface area contributed by atoms with Crippen LogP contribution in [-0.2, 0) is 32.7 Å². The number of allylic oxidation sites excluding steroid dienone is 14. The van der Waals surface area contributed by atoms with Gasteiger partial charge in [-0.05, 0) is 83.5 Å². The fraction of sp³-hybridized carbons (Fsp3) is 0.692. The van der Waals surface area contributed by atoms with Gasteiger partial charge in [-0.3, -0.25) is 18.6 Å². The van der Waals surface area contributed by atoms with E-state index in [0.29, 0.717) is 17.4 Å². The van der Waals surface area contributed by atoms with Crippen LogP contribution in [0, 0.1) is 0 Å². The van der Waals surface area contributed by atoms with Crippen LogP contribution in [-0.4, -0.2) is 74.9 Å². The van der Waals surface area contributed by atoms with Crippen molar-refractivity contribution in [3.63, 3.8) is 0 Å². The zero-order valence-corrected chi connectivity index (χ0v) is 41.0. The lowest BCUT2D eigenvalue weighted by atomic mass is 10.1. The highest BCUT2D eigenvalue weighted by atomic mass is 31.2. The highest BCUT2D eigenvalue weighted by Gasteiger charge is 2.27. The Balaban J connectivity index is 4.33. The van der Waals surface area contributed by atoms with Gasteiger partial charge in [0.25, 0.3) is 0 Å². The fourth-order valence-corrected chi connectivity index (χ4v) is 6.94. The number of quaternary nitrogens is 1. The molecule has 0 bridgehead atoms. The predicted molar refractivity (Wildman–Crippen MR) is 261 cm³/mol. The standard InChI is InChI=1S/C52H90NO8P/c1-6-8-10-12-14-16-18-20-22-24-25-26-27-29-31-33-35-37-39-41-43-45-52(55)61-50(49-60-62(56,57)59-47-46-53(3,4)5)48-58-51(54)44-42-40-38-36-34-32-30-28-23-21-19-17-15-13-11-9-7-2/h8-11,14-17,20-23,25-26,50H,6-7,12-13,18-19,24,27-49H2,1-5H3/p+1/b10-8-,11-9-,16-14-,17-15-,22-20-,23-21-,26-25-. The molecule has 0 saturated heterocycles. The first-order chi connectivity index (χ1) is 30.0. The van der Waals surface area contributed by atoms with Crippen molar-refractivity contribution in [2.75, 3.05) is 47.5 Å². The van der Waals surface area contributed by atoms with Crippen LogP contribution in [0.4, 0.5) is 0 Å². The number of carbonyl (C=O) groups is 2. The van der Waals surface area contributed by atoms with Gasteiger partial charge in [0.2, 0.25) is 0 Å². The van der Waals surface area contributed by atoms with E-state index >= 15 is 0 Å². The maximum Gasteiger partial charge on any atom is 0.472 e. The summed E-state index contributed by atoms with van der Waals surface area (Å²) in [4.78, 5) is 35.5. The summed E-state index contributed by atoms with van der Waals surface area (Å²) in [7, 11) is 1.45. The Kier molecular flexibility index (Phi) is 41.5. The van der Waals surface area contributed by atoms with Crippen LogP contribution in [0.25, 0.3) is 0 Å². The Morgan fingerprint density at radius 3 is 1.29 bits per heavy atom. The highest BCUT2D eigenvalue weighted by molar-refractivity contribution is 7.47. The molecule has 0 saturated carbocycles. The number of phosphoric acid groups is 1. The summed E-state index contributed by atoms with van der Waals surface area (Å²) in [5.41, 5.74) is 0. The number of nitrogens with zero attached hydrogens (tertiary/aromatic N) is 1. The van der Waals surface area contributed by atoms with Gasteiger partial charge in [-0.15, -0.1) is 0 Å². The van der Waals surface area contributed by atoms with E-state index in [9.17, 15) is 19.0 Å². The fourth-order valence-electron chi connectivity index (χ4n) is 6.20. The molecular weight excluding hydrogens is 798 g/mol. The molecule has 0 aliphatic carbocycles. The highest BCUT2D eigenvalue weighted by Crippen LogP contribution is 2.43. The van der Waals surface area contributed by atoms with Crippen molar-refractivity contribution in [2.45, 2.75) is 187 Å². The van der Waals surface area contributed by atoms with E-state index in [-0.39, 0.29) is 32.0 Å². The van der Waals surface area contributed by atoms with Crippen LogP contribution in [0.5, 0.6) is 0 Å². The van der Waals surface area contributed by atoms with Crippen LogP contribution in [0.1, 0.15) is 181 Å². The Hall–Kier alpha value is -2.81. The summed E-state index contributed by atoms with van der Waals surface area (Å²) in [6.07, 6.45) is 56.3. The van der Waals surface area contributed by atoms with Crippen LogP contribution in [0.15, 0.2) is 85.1 Å². The molecule has 62 heavy (non-hydrogen) atoms. The van der Waals surface area contributed by atoms with Gasteiger partial charge >= 0.3 is 19.8 Å². The second-order valence-corrected chi connectivity index (χ2v) is 18.5. The molecule has 0 aromatic heterocycles. The molecule has 9 nitrogen and oxygen atoms in total. The SMILES string of the molecule is CC/C=C\C/C=C\C/C=C\C/C=C\CCCCCCCCCCC(=O)OC(COC(=O)CCCCCCCCC/C=C\C/C=C\C/C=C\CC)COP(=O)(O)OCC[N+](C)(C)C. The van der Waals surface area contributed by atoms with Crippen LogP contribution in [0.3, 0.4) is 0 Å². The molecule has 0 heterocycles. The summed E-state index contributed by atoms with van der Waals surface area (Å²) in [6, 6.07) is 0. The van der Waals surface area contributed by atoms with E-state index < -0.39 is 26.5 Å². The zero-order chi connectivity index (χ0) is 45.7. The van der Waals surface area contributed by atoms with Gasteiger partial charge in [-0.2, -0.15) is 0 Å². The summed E-state index contributed by atoms with van der Waals surface area (Å²) in [5.74, 6) is -0.824. The molecule has 0 fully saturated rings. The third kappa shape index (κ3) is 46.7. The second-order valence-electron chi connectivity index (χ2n) is 17.1. The number of phosphoric ester groups is 1. The molecule has 2 unspecified atom stereocenters. The number of carbonyl (C=O) groups excluding carboxylic acids is 2. The van der Waals surface area contributed by atoms with E-state index in [1.165, 1.54) is 44.9 Å². The molecule has 0 aromatic rings. The first-order valence-corrected chi connectivity index (χ1v) is 25.8. The molecule has 0 amide bonds. The molecule has 10 heteroatoms. The largest absolute Gasteiger partial charge is 0.472 e. The Bertz CT molecular complexity index is 1330. The van der Waals surface area contributed by atoms with E-state index in [2.05, 4.69) is 98.9 Å². The van der Waals surface area contributed by atoms with Gasteiger partial charge in [0.05, 0.1) is 27.7 Å². The molecule has 356 valence electrons. The van der Waals surface area contributed by atoms with Gasteiger partial charge in [-0.25, -0.2) is 4.57 Å². The van der Waals surface area contributed by atoms with Crippen LogP contribution >= 0.6 is 7.82 Å². The smallest absolute Gasteiger partial charge is 0.462 e. The minimum Gasteiger partial charge on any atom is -0.462 e. The van der Waals surface area contributed by atoms with Gasteiger partial charge in [-0.1, -0.05) is 170 Å². The van der Waals surface area contributed by atoms with Gasteiger partial charge < -0.3 is 18.9 Å². The van der Waals surface area contributed by atoms with E-state index in [0.717, 1.165) is 103 Å². The van der Waals surface area contributed by atoms with Gasteiger partial charge in [0, 0.05) is 12.8 Å². The lowest BCUT2D eigenvalue weighted by Crippen LogP contribution is -2.37. The number of esters is 2. The second kappa shape index (κ2) is 43.4. The normalized spacial score (nSPS) is 14.2. The van der Waals surface area contributed by atoms with Crippen molar-refractivity contribution >= 4 is 19.8 Å². The quantitative estimate of drug-likeness (QED) is 0.0212. The van der Waals surface area contributed by atoms with Crippen molar-refractivity contribution < 1.29 is 42.1 Å². The molecule has 2 atom stereocenters. The molecular formula is C52H91NO8P+. The summed E-state index contributed by atoms with van der Waals surface area (Å²) < 4.78 is 34.4. The van der Waals surface area contributed by atoms with Crippen molar-refractivity contribution in [3.8, 4) is 0 Å². The van der Waals surface area contributed by atoms with Crippen LogP contribution < -0.4 is 0 Å². The molecule has 0 aromatic carbocycles. The van der Waals surface area contributed by atoms with E-state index in [4.69, 9.17) is 18.5 Å². The zero-order valence-electron chi connectivity index (χ0n) is 40.1. The lowest BCUT2D eigenvalue weighted by Gasteiger charge is -2.24. The van der Waals surface area contributed by atoms with Crippen molar-refractivity contribution in [2.24, 2.45) is 0 Å². The lowest BCUT2D eigenvalue weighted by molar-refractivity contribution is -0.870. The molecule has 0 spiro atoms. The van der Waals surface area contributed by atoms with Crippen LogP contribution in [0.2, 0.25) is 0 Å². The summed E-state index contributed by atoms with van der Waals surface area (Å²) in [5, 5.41) is 0. The minimum absolute atomic E-state index is 0.0237. The van der Waals surface area contributed by atoms with Gasteiger partial charge in [0.1, 0.15) is 19.8 Å². The number of rotatable bonds is 43. The minimum atomic E-state index is -4.39. The monoisotopic (exact) mass is 889 g/mol. The third-order valence-electron chi connectivity index (χ3n) is 9.92. The van der Waals surface area contributed by atoms with Crippen molar-refractivity contribution in [1.29, 1.82) is 0 Å². The molecule has 0 aliphatic rings. The maximum atomic E-state index is 12.7. The molecule has 0 radical (unpaired) electrons. The molecule has 0 aliphatic heterocycles. The average Bonchev–Trinajstić information content (AvgIpc) is 3.23. The Morgan fingerprint density at radius 1 is 0.500 bits per heavy atom. The van der Waals surface area contributed by atoms with Crippen molar-refractivity contribution in [1.82, 2.24) is 0 Å². The average molecular weight is 889 g/mol. The molecule has 1 N–H and O–H groups in total. The van der Waals surface area contributed by atoms with Crippen molar-refractivity contribution in [3.05, 3.63) is 85.1 Å². The van der Waals surface area contributed by atoms with E-state index in [1.807, 2.05) is 21.1 Å². The Morgan fingerprint density at radius 2 is 0.871 bits per heavy atom. The predicted octanol–water partition coefficient (Wildman–Crippen LogP) is 14.4. The first kappa shape index (κ1) is 59.2.